The number of nitrogens with one attached hydrogen (secondary N) is 1. The summed E-state index contributed by atoms with van der Waals surface area (Å²) < 4.78 is 0. The smallest absolute Gasteiger partial charge is 0.0943 e. The molecular formula is C16H22N2S. The van der Waals surface area contributed by atoms with Gasteiger partial charge in [0.1, 0.15) is 0 Å². The molecule has 0 aliphatic heterocycles. The van der Waals surface area contributed by atoms with Gasteiger partial charge in [-0.1, -0.05) is 23.8 Å². The summed E-state index contributed by atoms with van der Waals surface area (Å²) in [7, 11) is 2.04. The Bertz CT molecular complexity index is 545. The second-order valence-corrected chi connectivity index (χ2v) is 6.15. The van der Waals surface area contributed by atoms with E-state index in [9.17, 15) is 0 Å². The SMILES string of the molecule is CNC(Cc1nc(C)cs1)Cc1cc(C)ccc1C. The van der Waals surface area contributed by atoms with Gasteiger partial charge < -0.3 is 5.32 Å². The third kappa shape index (κ3) is 3.88. The highest BCUT2D eigenvalue weighted by Gasteiger charge is 2.12. The Hall–Kier alpha value is -1.19. The van der Waals surface area contributed by atoms with E-state index in [1.807, 2.05) is 7.05 Å². The molecule has 1 aromatic heterocycles. The molecule has 0 bridgehead atoms. The Morgan fingerprint density at radius 3 is 2.63 bits per heavy atom. The quantitative estimate of drug-likeness (QED) is 0.903. The van der Waals surface area contributed by atoms with Crippen LogP contribution in [0.3, 0.4) is 0 Å². The van der Waals surface area contributed by atoms with Crippen molar-refractivity contribution in [3.63, 3.8) is 0 Å². The predicted octanol–water partition coefficient (Wildman–Crippen LogP) is 3.44. The van der Waals surface area contributed by atoms with Gasteiger partial charge in [0.25, 0.3) is 0 Å². The molecule has 2 aromatic rings. The Balaban J connectivity index is 2.08. The van der Waals surface area contributed by atoms with Crippen LogP contribution in [0.2, 0.25) is 0 Å². The Morgan fingerprint density at radius 2 is 2.00 bits per heavy atom. The molecular weight excluding hydrogens is 252 g/mol. The zero-order chi connectivity index (χ0) is 13.8. The van der Waals surface area contributed by atoms with E-state index in [1.165, 1.54) is 21.7 Å². The molecule has 0 radical (unpaired) electrons. The van der Waals surface area contributed by atoms with Gasteiger partial charge in [0, 0.05) is 23.5 Å². The molecule has 0 saturated heterocycles. The van der Waals surface area contributed by atoms with Gasteiger partial charge in [-0.15, -0.1) is 11.3 Å². The number of nitrogens with zero attached hydrogens (tertiary/aromatic N) is 1. The first-order chi connectivity index (χ1) is 9.08. The van der Waals surface area contributed by atoms with Gasteiger partial charge in [0.05, 0.1) is 5.01 Å². The summed E-state index contributed by atoms with van der Waals surface area (Å²) >= 11 is 1.76. The molecule has 1 aromatic carbocycles. The first-order valence-corrected chi connectivity index (χ1v) is 7.61. The lowest BCUT2D eigenvalue weighted by atomic mass is 9.97. The molecule has 2 rings (SSSR count). The van der Waals surface area contributed by atoms with Crippen LogP contribution < -0.4 is 5.32 Å². The molecule has 1 heterocycles. The zero-order valence-corrected chi connectivity index (χ0v) is 13.0. The highest BCUT2D eigenvalue weighted by Crippen LogP contribution is 2.16. The molecule has 0 fully saturated rings. The monoisotopic (exact) mass is 274 g/mol. The van der Waals surface area contributed by atoms with Crippen LogP contribution in [-0.4, -0.2) is 18.1 Å². The van der Waals surface area contributed by atoms with E-state index < -0.39 is 0 Å². The maximum Gasteiger partial charge on any atom is 0.0943 e. The van der Waals surface area contributed by atoms with Crippen molar-refractivity contribution in [2.24, 2.45) is 0 Å². The second kappa shape index (κ2) is 6.31. The molecule has 19 heavy (non-hydrogen) atoms. The van der Waals surface area contributed by atoms with Crippen molar-refractivity contribution in [2.75, 3.05) is 7.05 Å². The van der Waals surface area contributed by atoms with Crippen LogP contribution in [0.15, 0.2) is 23.6 Å². The third-order valence-electron chi connectivity index (χ3n) is 3.47. The van der Waals surface area contributed by atoms with Crippen molar-refractivity contribution in [2.45, 2.75) is 39.7 Å². The van der Waals surface area contributed by atoms with Crippen molar-refractivity contribution in [3.05, 3.63) is 51.0 Å². The van der Waals surface area contributed by atoms with Gasteiger partial charge in [0.2, 0.25) is 0 Å². The fourth-order valence-electron chi connectivity index (χ4n) is 2.27. The number of hydrogen-bond acceptors (Lipinski definition) is 3. The molecule has 3 heteroatoms. The van der Waals surface area contributed by atoms with Gasteiger partial charge in [-0.3, -0.25) is 0 Å². The Kier molecular flexibility index (Phi) is 4.72. The summed E-state index contributed by atoms with van der Waals surface area (Å²) in [6.45, 7) is 6.40. The minimum atomic E-state index is 0.450. The van der Waals surface area contributed by atoms with E-state index in [4.69, 9.17) is 0 Å². The zero-order valence-electron chi connectivity index (χ0n) is 12.2. The Morgan fingerprint density at radius 1 is 1.21 bits per heavy atom. The van der Waals surface area contributed by atoms with E-state index in [-0.39, 0.29) is 0 Å². The van der Waals surface area contributed by atoms with Gasteiger partial charge in [0.15, 0.2) is 0 Å². The van der Waals surface area contributed by atoms with Crippen LogP contribution in [0.1, 0.15) is 27.4 Å². The fraction of sp³-hybridized carbons (Fsp3) is 0.438. The van der Waals surface area contributed by atoms with E-state index in [0.717, 1.165) is 18.5 Å². The van der Waals surface area contributed by atoms with Crippen molar-refractivity contribution in [1.82, 2.24) is 10.3 Å². The van der Waals surface area contributed by atoms with Crippen LogP contribution in [0, 0.1) is 20.8 Å². The highest BCUT2D eigenvalue weighted by atomic mass is 32.1. The van der Waals surface area contributed by atoms with E-state index in [1.54, 1.807) is 11.3 Å². The molecule has 1 N–H and O–H groups in total. The van der Waals surface area contributed by atoms with Crippen LogP contribution in [-0.2, 0) is 12.8 Å². The number of rotatable bonds is 5. The normalized spacial score (nSPS) is 12.6. The molecule has 0 saturated carbocycles. The number of hydrogen-bond donors (Lipinski definition) is 1. The number of thiazole rings is 1. The number of likely N-dealkylation sites (N-methyl/N-ethyl adjacent to an activating group) is 1. The summed E-state index contributed by atoms with van der Waals surface area (Å²) in [5.74, 6) is 0. The third-order valence-corrected chi connectivity index (χ3v) is 4.46. The van der Waals surface area contributed by atoms with Gasteiger partial charge in [-0.05, 0) is 45.4 Å². The summed E-state index contributed by atoms with van der Waals surface area (Å²) in [6.07, 6.45) is 2.06. The van der Waals surface area contributed by atoms with Crippen molar-refractivity contribution in [3.8, 4) is 0 Å². The molecule has 0 aliphatic rings. The van der Waals surface area contributed by atoms with Crippen LogP contribution in [0.5, 0.6) is 0 Å². The fourth-order valence-corrected chi connectivity index (χ4v) is 3.12. The largest absolute Gasteiger partial charge is 0.316 e. The molecule has 0 amide bonds. The van der Waals surface area contributed by atoms with Crippen molar-refractivity contribution in [1.29, 1.82) is 0 Å². The van der Waals surface area contributed by atoms with Crippen molar-refractivity contribution >= 4 is 11.3 Å². The molecule has 102 valence electrons. The average Bonchev–Trinajstić information content (AvgIpc) is 2.78. The van der Waals surface area contributed by atoms with E-state index in [2.05, 4.69) is 54.7 Å². The lowest BCUT2D eigenvalue weighted by Crippen LogP contribution is -2.30. The lowest BCUT2D eigenvalue weighted by molar-refractivity contribution is 0.553. The summed E-state index contributed by atoms with van der Waals surface area (Å²) in [6, 6.07) is 7.14. The molecule has 0 aliphatic carbocycles. The minimum Gasteiger partial charge on any atom is -0.316 e. The van der Waals surface area contributed by atoms with E-state index >= 15 is 0 Å². The summed E-state index contributed by atoms with van der Waals surface area (Å²) in [5, 5.41) is 6.77. The summed E-state index contributed by atoms with van der Waals surface area (Å²) in [5.41, 5.74) is 5.27. The van der Waals surface area contributed by atoms with E-state index in [0.29, 0.717) is 6.04 Å². The second-order valence-electron chi connectivity index (χ2n) is 5.21. The van der Waals surface area contributed by atoms with Crippen molar-refractivity contribution < 1.29 is 0 Å². The first kappa shape index (κ1) is 14.2. The van der Waals surface area contributed by atoms with Crippen LogP contribution in [0.25, 0.3) is 0 Å². The maximum absolute atomic E-state index is 4.56. The predicted molar refractivity (Wildman–Crippen MR) is 83.0 cm³/mol. The standard InChI is InChI=1S/C16H22N2S/c1-11-5-6-12(2)14(7-11)8-15(17-4)9-16-18-13(3)10-19-16/h5-7,10,15,17H,8-9H2,1-4H3. The summed E-state index contributed by atoms with van der Waals surface area (Å²) in [4.78, 5) is 4.56. The van der Waals surface area contributed by atoms with Gasteiger partial charge >= 0.3 is 0 Å². The number of aromatic nitrogens is 1. The lowest BCUT2D eigenvalue weighted by Gasteiger charge is -2.17. The maximum atomic E-state index is 4.56. The molecule has 1 atom stereocenters. The first-order valence-electron chi connectivity index (χ1n) is 6.73. The van der Waals surface area contributed by atoms with Crippen LogP contribution in [0.4, 0.5) is 0 Å². The van der Waals surface area contributed by atoms with Crippen LogP contribution >= 0.6 is 11.3 Å². The molecule has 1 unspecified atom stereocenters. The molecule has 2 nitrogen and oxygen atoms in total. The minimum absolute atomic E-state index is 0.450. The number of aryl methyl sites for hydroxylation is 3. The molecule has 0 spiro atoms. The number of benzene rings is 1. The van der Waals surface area contributed by atoms with Gasteiger partial charge in [-0.2, -0.15) is 0 Å². The van der Waals surface area contributed by atoms with Gasteiger partial charge in [-0.25, -0.2) is 4.98 Å². The topological polar surface area (TPSA) is 24.9 Å². The Labute approximate surface area is 119 Å². The average molecular weight is 274 g/mol. The highest BCUT2D eigenvalue weighted by molar-refractivity contribution is 7.09.